The van der Waals surface area contributed by atoms with Crippen LogP contribution in [0, 0.1) is 0 Å². The predicted octanol–water partition coefficient (Wildman–Crippen LogP) is 1.86. The van der Waals surface area contributed by atoms with Gasteiger partial charge in [-0.25, -0.2) is 0 Å². The summed E-state index contributed by atoms with van der Waals surface area (Å²) in [5, 5.41) is 2.82. The molecule has 0 heterocycles. The highest BCUT2D eigenvalue weighted by atomic mass is 79.9. The van der Waals surface area contributed by atoms with Gasteiger partial charge in [0.05, 0.1) is 18.1 Å². The van der Waals surface area contributed by atoms with E-state index in [9.17, 15) is 4.79 Å². The maximum atomic E-state index is 11.6. The number of halogens is 1. The number of carbonyl (C=O) groups excluding carboxylic acids is 1. The number of hydrogen-bond acceptors (Lipinski definition) is 3. The first-order valence-corrected chi connectivity index (χ1v) is 5.00. The number of nitrogens with one attached hydrogen (secondary N) is 1. The largest absolute Gasteiger partial charge is 0.496 e. The summed E-state index contributed by atoms with van der Waals surface area (Å²) in [7, 11) is 3.32. The van der Waals surface area contributed by atoms with Gasteiger partial charge in [-0.2, -0.15) is 0 Å². The Balaban J connectivity index is 3.03. The Bertz CT molecular complexity index is 339. The van der Waals surface area contributed by atoms with E-state index >= 15 is 0 Å². The third-order valence-corrected chi connectivity index (χ3v) is 2.64. The molecule has 0 saturated carbocycles. The standard InChI is InChI=1S/C10H12BrNO2/c1-12-6-8(13)7-4-3-5-9(14-2)10(7)11/h3-5,12H,6H2,1-2H3. The summed E-state index contributed by atoms with van der Waals surface area (Å²) in [5.74, 6) is 0.713. The van der Waals surface area contributed by atoms with Crippen LogP contribution in [0.25, 0.3) is 0 Å². The van der Waals surface area contributed by atoms with Crippen molar-refractivity contribution in [2.75, 3.05) is 20.7 Å². The Labute approximate surface area is 91.6 Å². The molecule has 14 heavy (non-hydrogen) atoms. The molecule has 3 nitrogen and oxygen atoms in total. The number of methoxy groups -OCH3 is 1. The van der Waals surface area contributed by atoms with Gasteiger partial charge in [0, 0.05) is 5.56 Å². The van der Waals surface area contributed by atoms with Gasteiger partial charge < -0.3 is 10.1 Å². The van der Waals surface area contributed by atoms with E-state index in [4.69, 9.17) is 4.74 Å². The summed E-state index contributed by atoms with van der Waals surface area (Å²) in [6.07, 6.45) is 0. The lowest BCUT2D eigenvalue weighted by Crippen LogP contribution is -2.18. The van der Waals surface area contributed by atoms with Crippen molar-refractivity contribution in [3.05, 3.63) is 28.2 Å². The van der Waals surface area contributed by atoms with Gasteiger partial charge in [0.1, 0.15) is 5.75 Å². The van der Waals surface area contributed by atoms with Crippen molar-refractivity contribution in [3.63, 3.8) is 0 Å². The van der Waals surface area contributed by atoms with Gasteiger partial charge in [0.15, 0.2) is 5.78 Å². The second kappa shape index (κ2) is 5.12. The Hall–Kier alpha value is -0.870. The summed E-state index contributed by atoms with van der Waals surface area (Å²) in [6.45, 7) is 0.325. The van der Waals surface area contributed by atoms with Crippen LogP contribution in [0.1, 0.15) is 10.4 Å². The molecule has 0 aliphatic heterocycles. The maximum absolute atomic E-state index is 11.6. The van der Waals surface area contributed by atoms with Crippen molar-refractivity contribution in [1.82, 2.24) is 5.32 Å². The molecule has 1 aromatic carbocycles. The van der Waals surface area contributed by atoms with E-state index in [1.807, 2.05) is 0 Å². The van der Waals surface area contributed by atoms with E-state index in [-0.39, 0.29) is 5.78 Å². The van der Waals surface area contributed by atoms with E-state index in [2.05, 4.69) is 21.2 Å². The van der Waals surface area contributed by atoms with E-state index < -0.39 is 0 Å². The van der Waals surface area contributed by atoms with Crippen LogP contribution in [0.15, 0.2) is 22.7 Å². The zero-order valence-electron chi connectivity index (χ0n) is 8.13. The lowest BCUT2D eigenvalue weighted by Gasteiger charge is -2.07. The monoisotopic (exact) mass is 257 g/mol. The normalized spacial score (nSPS) is 9.93. The van der Waals surface area contributed by atoms with Crippen molar-refractivity contribution < 1.29 is 9.53 Å². The quantitative estimate of drug-likeness (QED) is 0.838. The number of ketones is 1. The Morgan fingerprint density at radius 2 is 2.29 bits per heavy atom. The highest BCUT2D eigenvalue weighted by molar-refractivity contribution is 9.10. The molecule has 0 bridgehead atoms. The van der Waals surface area contributed by atoms with Gasteiger partial charge in [-0.05, 0) is 35.1 Å². The second-order valence-corrected chi connectivity index (χ2v) is 3.57. The van der Waals surface area contributed by atoms with E-state index in [1.54, 1.807) is 32.4 Å². The van der Waals surface area contributed by atoms with Crippen LogP contribution in [-0.2, 0) is 0 Å². The van der Waals surface area contributed by atoms with Gasteiger partial charge in [0.25, 0.3) is 0 Å². The van der Waals surface area contributed by atoms with Crippen LogP contribution in [0.5, 0.6) is 5.75 Å². The number of carbonyl (C=O) groups is 1. The fourth-order valence-corrected chi connectivity index (χ4v) is 1.79. The Morgan fingerprint density at radius 1 is 1.57 bits per heavy atom. The molecule has 1 rings (SSSR count). The van der Waals surface area contributed by atoms with E-state index in [0.717, 1.165) is 0 Å². The topological polar surface area (TPSA) is 38.3 Å². The lowest BCUT2D eigenvalue weighted by atomic mass is 10.1. The van der Waals surface area contributed by atoms with E-state index in [0.29, 0.717) is 22.3 Å². The minimum Gasteiger partial charge on any atom is -0.496 e. The molecular weight excluding hydrogens is 246 g/mol. The first-order valence-electron chi connectivity index (χ1n) is 4.21. The minimum absolute atomic E-state index is 0.0401. The Morgan fingerprint density at radius 3 is 2.86 bits per heavy atom. The van der Waals surface area contributed by atoms with Crippen molar-refractivity contribution in [2.24, 2.45) is 0 Å². The summed E-state index contributed by atoms with van der Waals surface area (Å²) >= 11 is 3.34. The molecule has 4 heteroatoms. The molecular formula is C10H12BrNO2. The highest BCUT2D eigenvalue weighted by Crippen LogP contribution is 2.28. The molecule has 0 unspecified atom stereocenters. The molecule has 1 N–H and O–H groups in total. The van der Waals surface area contributed by atoms with Gasteiger partial charge in [0.2, 0.25) is 0 Å². The number of Topliss-reactive ketones (excluding diaryl/α,β-unsaturated/α-hetero) is 1. The second-order valence-electron chi connectivity index (χ2n) is 2.78. The molecule has 0 fully saturated rings. The zero-order valence-corrected chi connectivity index (χ0v) is 9.72. The van der Waals surface area contributed by atoms with Gasteiger partial charge in [-0.3, -0.25) is 4.79 Å². The van der Waals surface area contributed by atoms with Crippen LogP contribution >= 0.6 is 15.9 Å². The van der Waals surface area contributed by atoms with Crippen LogP contribution < -0.4 is 10.1 Å². The van der Waals surface area contributed by atoms with Gasteiger partial charge >= 0.3 is 0 Å². The maximum Gasteiger partial charge on any atom is 0.177 e. The fraction of sp³-hybridized carbons (Fsp3) is 0.300. The smallest absolute Gasteiger partial charge is 0.177 e. The first kappa shape index (κ1) is 11.2. The summed E-state index contributed by atoms with van der Waals surface area (Å²) in [5.41, 5.74) is 0.638. The lowest BCUT2D eigenvalue weighted by molar-refractivity contribution is 0.0992. The molecule has 76 valence electrons. The number of rotatable bonds is 4. The fourth-order valence-electron chi connectivity index (χ4n) is 1.14. The minimum atomic E-state index is 0.0401. The molecule has 1 aromatic rings. The van der Waals surface area contributed by atoms with Gasteiger partial charge in [-0.1, -0.05) is 6.07 Å². The number of ether oxygens (including phenoxy) is 1. The van der Waals surface area contributed by atoms with Crippen molar-refractivity contribution in [1.29, 1.82) is 0 Å². The van der Waals surface area contributed by atoms with Crippen LogP contribution in [0.2, 0.25) is 0 Å². The molecule has 0 spiro atoms. The number of benzene rings is 1. The molecule has 0 atom stereocenters. The Kier molecular flexibility index (Phi) is 4.10. The third-order valence-electron chi connectivity index (χ3n) is 1.82. The third kappa shape index (κ3) is 2.33. The average Bonchev–Trinajstić information content (AvgIpc) is 2.18. The summed E-state index contributed by atoms with van der Waals surface area (Å²) in [4.78, 5) is 11.6. The number of likely N-dealkylation sites (N-methyl/N-ethyl adjacent to an activating group) is 1. The van der Waals surface area contributed by atoms with Crippen LogP contribution in [0.3, 0.4) is 0 Å². The van der Waals surface area contributed by atoms with Crippen molar-refractivity contribution in [2.45, 2.75) is 0 Å². The van der Waals surface area contributed by atoms with Crippen molar-refractivity contribution in [3.8, 4) is 5.75 Å². The van der Waals surface area contributed by atoms with Gasteiger partial charge in [-0.15, -0.1) is 0 Å². The molecule has 0 aliphatic carbocycles. The van der Waals surface area contributed by atoms with Crippen molar-refractivity contribution >= 4 is 21.7 Å². The van der Waals surface area contributed by atoms with Crippen LogP contribution in [-0.4, -0.2) is 26.5 Å². The molecule has 0 amide bonds. The molecule has 0 aromatic heterocycles. The van der Waals surface area contributed by atoms with E-state index in [1.165, 1.54) is 0 Å². The molecule has 0 radical (unpaired) electrons. The van der Waals surface area contributed by atoms with Crippen LogP contribution in [0.4, 0.5) is 0 Å². The SMILES string of the molecule is CNCC(=O)c1cccc(OC)c1Br. The summed E-state index contributed by atoms with van der Waals surface area (Å²) in [6, 6.07) is 5.37. The predicted molar refractivity (Wildman–Crippen MR) is 59.0 cm³/mol. The summed E-state index contributed by atoms with van der Waals surface area (Å²) < 4.78 is 5.81. The average molecular weight is 258 g/mol. The molecule has 0 aliphatic rings. The zero-order chi connectivity index (χ0) is 10.6. The number of hydrogen-bond donors (Lipinski definition) is 1. The first-order chi connectivity index (χ1) is 6.70. The molecule has 0 saturated heterocycles. The highest BCUT2D eigenvalue weighted by Gasteiger charge is 2.11.